The lowest BCUT2D eigenvalue weighted by Gasteiger charge is -2.08. The summed E-state index contributed by atoms with van der Waals surface area (Å²) >= 11 is 6.10. The highest BCUT2D eigenvalue weighted by Crippen LogP contribution is 2.23. The standard InChI is InChI=1S/C16H17ClN2O/c1-11-2-7-15(14(17)10-11)19-16(20)13-5-3-12(4-6-13)8-9-18/h2-7,10H,8-9,18H2,1H3,(H,19,20). The van der Waals surface area contributed by atoms with E-state index in [1.165, 1.54) is 0 Å². The van der Waals surface area contributed by atoms with Crippen molar-refractivity contribution in [2.24, 2.45) is 5.73 Å². The Morgan fingerprint density at radius 3 is 2.50 bits per heavy atom. The molecule has 2 aromatic rings. The molecule has 104 valence electrons. The van der Waals surface area contributed by atoms with E-state index in [1.54, 1.807) is 18.2 Å². The Morgan fingerprint density at radius 1 is 1.20 bits per heavy atom. The maximum absolute atomic E-state index is 12.1. The molecular weight excluding hydrogens is 272 g/mol. The summed E-state index contributed by atoms with van der Waals surface area (Å²) in [5.74, 6) is -0.171. The van der Waals surface area contributed by atoms with Gasteiger partial charge in [-0.2, -0.15) is 0 Å². The molecule has 20 heavy (non-hydrogen) atoms. The first-order chi connectivity index (χ1) is 9.60. The molecule has 0 saturated carbocycles. The molecule has 0 aliphatic carbocycles. The molecule has 0 heterocycles. The first-order valence-corrected chi connectivity index (χ1v) is 6.84. The highest BCUT2D eigenvalue weighted by Gasteiger charge is 2.08. The van der Waals surface area contributed by atoms with Gasteiger partial charge in [0.15, 0.2) is 0 Å². The van der Waals surface area contributed by atoms with E-state index in [1.807, 2.05) is 31.2 Å². The van der Waals surface area contributed by atoms with Gasteiger partial charge < -0.3 is 11.1 Å². The molecule has 0 bridgehead atoms. The van der Waals surface area contributed by atoms with Crippen molar-refractivity contribution in [1.82, 2.24) is 0 Å². The monoisotopic (exact) mass is 288 g/mol. The summed E-state index contributed by atoms with van der Waals surface area (Å²) < 4.78 is 0. The van der Waals surface area contributed by atoms with Crippen LogP contribution >= 0.6 is 11.6 Å². The van der Waals surface area contributed by atoms with E-state index >= 15 is 0 Å². The first kappa shape index (κ1) is 14.6. The van der Waals surface area contributed by atoms with Crippen molar-refractivity contribution in [3.05, 3.63) is 64.2 Å². The Bertz CT molecular complexity index is 608. The van der Waals surface area contributed by atoms with E-state index in [0.717, 1.165) is 17.5 Å². The molecule has 0 radical (unpaired) electrons. The molecular formula is C16H17ClN2O. The lowest BCUT2D eigenvalue weighted by molar-refractivity contribution is 0.102. The van der Waals surface area contributed by atoms with Gasteiger partial charge in [0.1, 0.15) is 0 Å². The molecule has 0 atom stereocenters. The summed E-state index contributed by atoms with van der Waals surface area (Å²) in [5.41, 5.74) is 8.89. The van der Waals surface area contributed by atoms with Gasteiger partial charge in [0.05, 0.1) is 10.7 Å². The van der Waals surface area contributed by atoms with Gasteiger partial charge in [0, 0.05) is 5.56 Å². The Kier molecular flexibility index (Phi) is 4.77. The molecule has 0 aliphatic heterocycles. The zero-order chi connectivity index (χ0) is 14.5. The number of halogens is 1. The molecule has 1 amide bonds. The SMILES string of the molecule is Cc1ccc(NC(=O)c2ccc(CCN)cc2)c(Cl)c1. The number of benzene rings is 2. The van der Waals surface area contributed by atoms with Crippen molar-refractivity contribution in [1.29, 1.82) is 0 Å². The van der Waals surface area contributed by atoms with Crippen LogP contribution in [0.3, 0.4) is 0 Å². The van der Waals surface area contributed by atoms with Gasteiger partial charge in [-0.05, 0) is 55.3 Å². The lowest BCUT2D eigenvalue weighted by Crippen LogP contribution is -2.12. The number of carbonyl (C=O) groups excluding carboxylic acids is 1. The van der Waals surface area contributed by atoms with Crippen LogP contribution in [0.4, 0.5) is 5.69 Å². The number of nitrogens with one attached hydrogen (secondary N) is 1. The predicted molar refractivity (Wildman–Crippen MR) is 83.3 cm³/mol. The van der Waals surface area contributed by atoms with Crippen LogP contribution in [0.5, 0.6) is 0 Å². The van der Waals surface area contributed by atoms with Crippen molar-refractivity contribution in [2.45, 2.75) is 13.3 Å². The van der Waals surface area contributed by atoms with Crippen molar-refractivity contribution in [3.63, 3.8) is 0 Å². The highest BCUT2D eigenvalue weighted by atomic mass is 35.5. The summed E-state index contributed by atoms with van der Waals surface area (Å²) in [5, 5.41) is 3.35. The van der Waals surface area contributed by atoms with Crippen molar-refractivity contribution >= 4 is 23.2 Å². The second kappa shape index (κ2) is 6.55. The lowest BCUT2D eigenvalue weighted by atomic mass is 10.1. The average molecular weight is 289 g/mol. The summed E-state index contributed by atoms with van der Waals surface area (Å²) in [4.78, 5) is 12.1. The Hall–Kier alpha value is -1.84. The quantitative estimate of drug-likeness (QED) is 0.906. The summed E-state index contributed by atoms with van der Waals surface area (Å²) in [6.45, 7) is 2.55. The zero-order valence-electron chi connectivity index (χ0n) is 11.3. The predicted octanol–water partition coefficient (Wildman–Crippen LogP) is 3.40. The fourth-order valence-corrected chi connectivity index (χ4v) is 2.19. The molecule has 0 aromatic heterocycles. The van der Waals surface area contributed by atoms with Gasteiger partial charge in [-0.3, -0.25) is 4.79 Å². The van der Waals surface area contributed by atoms with Crippen molar-refractivity contribution in [3.8, 4) is 0 Å². The minimum absolute atomic E-state index is 0.171. The number of rotatable bonds is 4. The van der Waals surface area contributed by atoms with Crippen LogP contribution in [-0.2, 0) is 6.42 Å². The number of anilines is 1. The maximum atomic E-state index is 12.1. The average Bonchev–Trinajstić information content (AvgIpc) is 2.43. The molecule has 4 heteroatoms. The minimum atomic E-state index is -0.171. The van der Waals surface area contributed by atoms with Gasteiger partial charge >= 0.3 is 0 Å². The molecule has 0 saturated heterocycles. The van der Waals surface area contributed by atoms with E-state index in [9.17, 15) is 4.79 Å². The number of hydrogen-bond acceptors (Lipinski definition) is 2. The molecule has 2 aromatic carbocycles. The van der Waals surface area contributed by atoms with Crippen LogP contribution in [0, 0.1) is 6.92 Å². The Balaban J connectivity index is 2.11. The molecule has 3 N–H and O–H groups in total. The van der Waals surface area contributed by atoms with E-state index in [0.29, 0.717) is 22.8 Å². The van der Waals surface area contributed by atoms with E-state index < -0.39 is 0 Å². The number of hydrogen-bond donors (Lipinski definition) is 2. The second-order valence-electron chi connectivity index (χ2n) is 4.67. The minimum Gasteiger partial charge on any atom is -0.330 e. The number of carbonyl (C=O) groups is 1. The number of nitrogens with two attached hydrogens (primary N) is 1. The molecule has 0 aliphatic rings. The van der Waals surface area contributed by atoms with Gasteiger partial charge in [0.25, 0.3) is 5.91 Å². The van der Waals surface area contributed by atoms with Crippen molar-refractivity contribution in [2.75, 3.05) is 11.9 Å². The van der Waals surface area contributed by atoms with Crippen LogP contribution in [-0.4, -0.2) is 12.5 Å². The van der Waals surface area contributed by atoms with E-state index in [4.69, 9.17) is 17.3 Å². The normalized spacial score (nSPS) is 10.3. The smallest absolute Gasteiger partial charge is 0.255 e. The third-order valence-corrected chi connectivity index (χ3v) is 3.33. The summed E-state index contributed by atoms with van der Waals surface area (Å²) in [6.07, 6.45) is 0.811. The number of amides is 1. The van der Waals surface area contributed by atoms with Crippen LogP contribution in [0.15, 0.2) is 42.5 Å². The first-order valence-electron chi connectivity index (χ1n) is 6.46. The summed E-state index contributed by atoms with van der Waals surface area (Å²) in [7, 11) is 0. The Labute approximate surface area is 123 Å². The summed E-state index contributed by atoms with van der Waals surface area (Å²) in [6, 6.07) is 13.0. The highest BCUT2D eigenvalue weighted by molar-refractivity contribution is 6.34. The molecule has 3 nitrogen and oxygen atoms in total. The maximum Gasteiger partial charge on any atom is 0.255 e. The van der Waals surface area contributed by atoms with Crippen LogP contribution in [0.1, 0.15) is 21.5 Å². The molecule has 0 unspecified atom stereocenters. The zero-order valence-corrected chi connectivity index (χ0v) is 12.1. The van der Waals surface area contributed by atoms with Crippen LogP contribution in [0.2, 0.25) is 5.02 Å². The van der Waals surface area contributed by atoms with Crippen molar-refractivity contribution < 1.29 is 4.79 Å². The van der Waals surface area contributed by atoms with Gasteiger partial charge in [-0.25, -0.2) is 0 Å². The second-order valence-corrected chi connectivity index (χ2v) is 5.08. The molecule has 2 rings (SSSR count). The van der Waals surface area contributed by atoms with Gasteiger partial charge in [-0.15, -0.1) is 0 Å². The third kappa shape index (κ3) is 3.59. The fourth-order valence-electron chi connectivity index (χ4n) is 1.91. The van der Waals surface area contributed by atoms with Gasteiger partial charge in [-0.1, -0.05) is 29.8 Å². The fraction of sp³-hybridized carbons (Fsp3) is 0.188. The Morgan fingerprint density at radius 2 is 1.90 bits per heavy atom. The molecule has 0 spiro atoms. The third-order valence-electron chi connectivity index (χ3n) is 3.02. The van der Waals surface area contributed by atoms with Crippen LogP contribution in [0.25, 0.3) is 0 Å². The molecule has 0 fully saturated rings. The largest absolute Gasteiger partial charge is 0.330 e. The van der Waals surface area contributed by atoms with Crippen LogP contribution < -0.4 is 11.1 Å². The number of aryl methyl sites for hydroxylation is 1. The van der Waals surface area contributed by atoms with E-state index in [-0.39, 0.29) is 5.91 Å². The van der Waals surface area contributed by atoms with Gasteiger partial charge in [0.2, 0.25) is 0 Å². The topological polar surface area (TPSA) is 55.1 Å². The van der Waals surface area contributed by atoms with E-state index in [2.05, 4.69) is 5.32 Å².